The van der Waals surface area contributed by atoms with Crippen LogP contribution in [0.5, 0.6) is 5.06 Å². The summed E-state index contributed by atoms with van der Waals surface area (Å²) in [6.45, 7) is 0. The maximum atomic E-state index is 12.3. The second-order valence-electron chi connectivity index (χ2n) is 2.78. The Bertz CT molecular complexity index is 481. The van der Waals surface area contributed by atoms with Crippen LogP contribution in [0.15, 0.2) is 18.2 Å². The van der Waals surface area contributed by atoms with Crippen molar-refractivity contribution < 1.29 is 13.9 Å². The monoisotopic (exact) mass is 234 g/mol. The molecule has 1 aromatic heterocycles. The lowest BCUT2D eigenvalue weighted by molar-refractivity contribution is 0.151. The number of thiophene rings is 1. The van der Waals surface area contributed by atoms with Crippen molar-refractivity contribution in [3.8, 4) is 5.06 Å². The SMILES string of the molecule is Oc1sc2cc(C(F)F)ccc2c1Cl. The van der Waals surface area contributed by atoms with E-state index in [4.69, 9.17) is 11.6 Å². The zero-order chi connectivity index (χ0) is 10.3. The number of fused-ring (bicyclic) bond motifs is 1. The molecule has 14 heavy (non-hydrogen) atoms. The van der Waals surface area contributed by atoms with Crippen molar-refractivity contribution in [1.29, 1.82) is 0 Å². The van der Waals surface area contributed by atoms with E-state index in [1.807, 2.05) is 0 Å². The Hall–Kier alpha value is -0.870. The first-order valence-electron chi connectivity index (χ1n) is 3.78. The molecule has 2 aromatic rings. The molecule has 0 radical (unpaired) electrons. The fourth-order valence-corrected chi connectivity index (χ4v) is 2.42. The molecule has 0 fully saturated rings. The Morgan fingerprint density at radius 3 is 2.71 bits per heavy atom. The molecule has 74 valence electrons. The van der Waals surface area contributed by atoms with Crippen molar-refractivity contribution in [2.75, 3.05) is 0 Å². The van der Waals surface area contributed by atoms with Crippen LogP contribution < -0.4 is 0 Å². The van der Waals surface area contributed by atoms with Crippen LogP contribution in [0.2, 0.25) is 5.02 Å². The first-order valence-corrected chi connectivity index (χ1v) is 4.98. The minimum Gasteiger partial charge on any atom is -0.498 e. The fourth-order valence-electron chi connectivity index (χ4n) is 1.20. The lowest BCUT2D eigenvalue weighted by atomic mass is 10.2. The molecule has 0 aliphatic rings. The van der Waals surface area contributed by atoms with Crippen molar-refractivity contribution in [1.82, 2.24) is 0 Å². The van der Waals surface area contributed by atoms with E-state index in [-0.39, 0.29) is 15.6 Å². The molecule has 0 atom stereocenters. The van der Waals surface area contributed by atoms with E-state index in [0.29, 0.717) is 10.1 Å². The minimum absolute atomic E-state index is 0.0342. The Morgan fingerprint density at radius 2 is 2.07 bits per heavy atom. The van der Waals surface area contributed by atoms with E-state index in [1.54, 1.807) is 0 Å². The third-order valence-electron chi connectivity index (χ3n) is 1.89. The first kappa shape index (κ1) is 9.68. The van der Waals surface area contributed by atoms with E-state index in [9.17, 15) is 13.9 Å². The number of halogens is 3. The molecule has 0 unspecified atom stereocenters. The predicted molar refractivity (Wildman–Crippen MR) is 53.5 cm³/mol. The Morgan fingerprint density at radius 1 is 1.36 bits per heavy atom. The average Bonchev–Trinajstić information content (AvgIpc) is 2.42. The van der Waals surface area contributed by atoms with Gasteiger partial charge in [-0.15, -0.1) is 0 Å². The van der Waals surface area contributed by atoms with E-state index in [2.05, 4.69) is 0 Å². The van der Waals surface area contributed by atoms with Crippen molar-refractivity contribution in [3.63, 3.8) is 0 Å². The predicted octanol–water partition coefficient (Wildman–Crippen LogP) is 4.20. The van der Waals surface area contributed by atoms with Gasteiger partial charge in [-0.2, -0.15) is 0 Å². The molecule has 2 rings (SSSR count). The normalized spacial score (nSPS) is 11.4. The third-order valence-corrected chi connectivity index (χ3v) is 3.34. The van der Waals surface area contributed by atoms with Gasteiger partial charge in [0.1, 0.15) is 5.02 Å². The van der Waals surface area contributed by atoms with Gasteiger partial charge < -0.3 is 5.11 Å². The van der Waals surface area contributed by atoms with Crippen molar-refractivity contribution in [2.45, 2.75) is 6.43 Å². The Balaban J connectivity index is 2.67. The highest BCUT2D eigenvalue weighted by molar-refractivity contribution is 7.21. The van der Waals surface area contributed by atoms with Gasteiger partial charge in [-0.3, -0.25) is 0 Å². The van der Waals surface area contributed by atoms with Crippen molar-refractivity contribution >= 4 is 33.0 Å². The summed E-state index contributed by atoms with van der Waals surface area (Å²) in [5.41, 5.74) is -0.0598. The number of hydrogen-bond donors (Lipinski definition) is 1. The molecular formula is C9H5ClF2OS. The highest BCUT2D eigenvalue weighted by atomic mass is 35.5. The Kier molecular flexibility index (Phi) is 2.33. The van der Waals surface area contributed by atoms with Crippen LogP contribution in [0, 0.1) is 0 Å². The van der Waals surface area contributed by atoms with E-state index in [1.165, 1.54) is 18.2 Å². The van der Waals surface area contributed by atoms with Crippen molar-refractivity contribution in [3.05, 3.63) is 28.8 Å². The highest BCUT2D eigenvalue weighted by Gasteiger charge is 2.12. The van der Waals surface area contributed by atoms with Crippen LogP contribution in [0.1, 0.15) is 12.0 Å². The summed E-state index contributed by atoms with van der Waals surface area (Å²) < 4.78 is 25.2. The zero-order valence-corrected chi connectivity index (χ0v) is 8.37. The third kappa shape index (κ3) is 1.44. The molecule has 0 amide bonds. The summed E-state index contributed by atoms with van der Waals surface area (Å²) in [4.78, 5) is 0. The summed E-state index contributed by atoms with van der Waals surface area (Å²) >= 11 is 6.75. The van der Waals surface area contributed by atoms with Gasteiger partial charge in [-0.25, -0.2) is 8.78 Å². The molecule has 1 aromatic carbocycles. The van der Waals surface area contributed by atoms with Crippen LogP contribution in [0.4, 0.5) is 8.78 Å². The molecule has 1 N–H and O–H groups in total. The number of alkyl halides is 2. The molecule has 5 heteroatoms. The summed E-state index contributed by atoms with van der Waals surface area (Å²) in [5, 5.41) is 10.1. The molecular weight excluding hydrogens is 230 g/mol. The molecule has 0 spiro atoms. The van der Waals surface area contributed by atoms with Crippen LogP contribution >= 0.6 is 22.9 Å². The fraction of sp³-hybridized carbons (Fsp3) is 0.111. The van der Waals surface area contributed by atoms with E-state index in [0.717, 1.165) is 11.3 Å². The first-order chi connectivity index (χ1) is 6.59. The molecule has 0 aliphatic heterocycles. The molecule has 0 aliphatic carbocycles. The highest BCUT2D eigenvalue weighted by Crippen LogP contribution is 2.41. The summed E-state index contributed by atoms with van der Waals surface area (Å²) in [6, 6.07) is 4.15. The maximum Gasteiger partial charge on any atom is 0.263 e. The van der Waals surface area contributed by atoms with Gasteiger partial charge >= 0.3 is 0 Å². The second-order valence-corrected chi connectivity index (χ2v) is 4.19. The van der Waals surface area contributed by atoms with E-state index < -0.39 is 6.43 Å². The summed E-state index contributed by atoms with van der Waals surface area (Å²) in [5.74, 6) is 0. The minimum atomic E-state index is -2.50. The quantitative estimate of drug-likeness (QED) is 0.784. The molecule has 1 heterocycles. The standard InChI is InChI=1S/C9H5ClF2OS/c10-7-5-2-1-4(8(11)12)3-6(5)14-9(7)13/h1-3,8,13H. The summed E-state index contributed by atoms with van der Waals surface area (Å²) in [7, 11) is 0. The maximum absolute atomic E-state index is 12.3. The smallest absolute Gasteiger partial charge is 0.263 e. The number of rotatable bonds is 1. The number of aromatic hydroxyl groups is 1. The molecule has 0 saturated carbocycles. The summed E-state index contributed by atoms with van der Waals surface area (Å²) in [6.07, 6.45) is -2.50. The van der Waals surface area contributed by atoms with Gasteiger partial charge in [-0.1, -0.05) is 35.1 Å². The van der Waals surface area contributed by atoms with Gasteiger partial charge in [0.2, 0.25) is 0 Å². The number of benzene rings is 1. The van der Waals surface area contributed by atoms with Gasteiger partial charge in [0.05, 0.1) is 0 Å². The second kappa shape index (κ2) is 3.37. The average molecular weight is 235 g/mol. The zero-order valence-electron chi connectivity index (χ0n) is 6.80. The molecule has 0 saturated heterocycles. The van der Waals surface area contributed by atoms with Crippen LogP contribution in [-0.4, -0.2) is 5.11 Å². The molecule has 1 nitrogen and oxygen atoms in total. The largest absolute Gasteiger partial charge is 0.498 e. The van der Waals surface area contributed by atoms with Crippen molar-refractivity contribution in [2.24, 2.45) is 0 Å². The van der Waals surface area contributed by atoms with Crippen LogP contribution in [0.3, 0.4) is 0 Å². The van der Waals surface area contributed by atoms with Gasteiger partial charge in [0, 0.05) is 15.6 Å². The van der Waals surface area contributed by atoms with Gasteiger partial charge in [-0.05, 0) is 6.07 Å². The lowest BCUT2D eigenvalue weighted by Gasteiger charge is -1.98. The van der Waals surface area contributed by atoms with Gasteiger partial charge in [0.25, 0.3) is 6.43 Å². The van der Waals surface area contributed by atoms with Crippen LogP contribution in [-0.2, 0) is 0 Å². The Labute approximate surface area is 87.5 Å². The van der Waals surface area contributed by atoms with E-state index >= 15 is 0 Å². The van der Waals surface area contributed by atoms with Gasteiger partial charge in [0.15, 0.2) is 5.06 Å². The van der Waals surface area contributed by atoms with Crippen LogP contribution in [0.25, 0.3) is 10.1 Å². The molecule has 0 bridgehead atoms. The lowest BCUT2D eigenvalue weighted by Crippen LogP contribution is -1.81. The number of hydrogen-bond acceptors (Lipinski definition) is 2. The topological polar surface area (TPSA) is 20.2 Å².